The van der Waals surface area contributed by atoms with Gasteiger partial charge in [0.05, 0.1) is 23.3 Å². The molecule has 1 aromatic carbocycles. The average Bonchev–Trinajstić information content (AvgIpc) is 2.75. The predicted octanol–water partition coefficient (Wildman–Crippen LogP) is 3.98. The van der Waals surface area contributed by atoms with Crippen LogP contribution in [0.4, 0.5) is 17.6 Å². The van der Waals surface area contributed by atoms with Gasteiger partial charge in [-0.2, -0.15) is 13.2 Å². The molecule has 0 aromatic heterocycles. The van der Waals surface area contributed by atoms with Gasteiger partial charge >= 0.3 is 6.18 Å². The molecule has 3 rings (SSSR count). The van der Waals surface area contributed by atoms with E-state index in [9.17, 15) is 22.4 Å². The van der Waals surface area contributed by atoms with Gasteiger partial charge in [0.2, 0.25) is 0 Å². The Balaban J connectivity index is 1.82. The van der Waals surface area contributed by atoms with Crippen LogP contribution >= 0.6 is 0 Å². The number of alkyl halides is 3. The highest BCUT2D eigenvalue weighted by Gasteiger charge is 2.39. The predicted molar refractivity (Wildman–Crippen MR) is 66.4 cm³/mol. The van der Waals surface area contributed by atoms with Crippen LogP contribution in [0.2, 0.25) is 0 Å². The Kier molecular flexibility index (Phi) is 3.51. The summed E-state index contributed by atoms with van der Waals surface area (Å²) in [7, 11) is 0. The van der Waals surface area contributed by atoms with E-state index in [4.69, 9.17) is 4.74 Å². The summed E-state index contributed by atoms with van der Waals surface area (Å²) in [5.41, 5.74) is -1.34. The molecule has 2 atom stereocenters. The van der Waals surface area contributed by atoms with Crippen LogP contribution in [0.1, 0.15) is 41.6 Å². The molecule has 2 unspecified atom stereocenters. The van der Waals surface area contributed by atoms with Gasteiger partial charge in [0.1, 0.15) is 5.82 Å². The van der Waals surface area contributed by atoms with Gasteiger partial charge in [0.25, 0.3) is 0 Å². The van der Waals surface area contributed by atoms with E-state index in [0.717, 1.165) is 25.0 Å². The van der Waals surface area contributed by atoms with Crippen LogP contribution in [0, 0.1) is 11.7 Å². The normalized spacial score (nSPS) is 28.7. The molecule has 2 bridgehead atoms. The van der Waals surface area contributed by atoms with Crippen molar-refractivity contribution >= 4 is 5.78 Å². The highest BCUT2D eigenvalue weighted by Crippen LogP contribution is 2.38. The molecule has 6 heteroatoms. The molecule has 2 nitrogen and oxygen atoms in total. The molecule has 2 aliphatic rings. The maximum atomic E-state index is 13.8. The Hall–Kier alpha value is -1.43. The first-order valence-electron chi connectivity index (χ1n) is 6.91. The van der Waals surface area contributed by atoms with E-state index >= 15 is 0 Å². The molecule has 2 heterocycles. The summed E-state index contributed by atoms with van der Waals surface area (Å²) >= 11 is 0. The van der Waals surface area contributed by atoms with Crippen molar-refractivity contribution in [3.8, 4) is 0 Å². The molecule has 0 aliphatic carbocycles. The van der Waals surface area contributed by atoms with Gasteiger partial charge in [-0.3, -0.25) is 4.79 Å². The van der Waals surface area contributed by atoms with Crippen LogP contribution in [-0.4, -0.2) is 18.0 Å². The monoisotopic (exact) mass is 302 g/mol. The number of ether oxygens (including phenoxy) is 1. The molecule has 2 saturated heterocycles. The molecule has 0 spiro atoms. The second-order valence-electron chi connectivity index (χ2n) is 5.68. The van der Waals surface area contributed by atoms with Crippen molar-refractivity contribution in [2.75, 3.05) is 0 Å². The van der Waals surface area contributed by atoms with Crippen molar-refractivity contribution in [3.05, 3.63) is 35.1 Å². The van der Waals surface area contributed by atoms with Crippen LogP contribution in [-0.2, 0) is 10.9 Å². The zero-order chi connectivity index (χ0) is 15.2. The number of fused-ring (bicyclic) bond motifs is 2. The first-order chi connectivity index (χ1) is 9.84. The van der Waals surface area contributed by atoms with E-state index in [1.807, 2.05) is 0 Å². The molecule has 0 amide bonds. The minimum absolute atomic E-state index is 0.0233. The highest BCUT2D eigenvalue weighted by atomic mass is 19.4. The quantitative estimate of drug-likeness (QED) is 0.610. The lowest BCUT2D eigenvalue weighted by Gasteiger charge is -2.27. The van der Waals surface area contributed by atoms with Gasteiger partial charge in [-0.15, -0.1) is 0 Å². The molecular formula is C15H14F4O2. The largest absolute Gasteiger partial charge is 0.416 e. The fraction of sp³-hybridized carbons (Fsp3) is 0.533. The zero-order valence-electron chi connectivity index (χ0n) is 11.1. The summed E-state index contributed by atoms with van der Waals surface area (Å²) in [6.07, 6.45) is -1.73. The van der Waals surface area contributed by atoms with E-state index in [-0.39, 0.29) is 23.7 Å². The molecule has 21 heavy (non-hydrogen) atoms. The van der Waals surface area contributed by atoms with Crippen LogP contribution in [0.25, 0.3) is 0 Å². The van der Waals surface area contributed by atoms with Crippen molar-refractivity contribution in [1.29, 1.82) is 0 Å². The fourth-order valence-electron chi connectivity index (χ4n) is 3.18. The first kappa shape index (κ1) is 14.5. The molecule has 2 aliphatic heterocycles. The Morgan fingerprint density at radius 1 is 1.14 bits per heavy atom. The Morgan fingerprint density at radius 3 is 2.29 bits per heavy atom. The summed E-state index contributed by atoms with van der Waals surface area (Å²) in [4.78, 5) is 12.3. The average molecular weight is 302 g/mol. The number of hydrogen-bond donors (Lipinski definition) is 0. The third kappa shape index (κ3) is 2.81. The van der Waals surface area contributed by atoms with Crippen LogP contribution in [0.15, 0.2) is 18.2 Å². The van der Waals surface area contributed by atoms with Gasteiger partial charge in [0, 0.05) is 5.92 Å². The number of carbonyl (C=O) groups is 1. The summed E-state index contributed by atoms with van der Waals surface area (Å²) in [6, 6.07) is 2.09. The van der Waals surface area contributed by atoms with Crippen LogP contribution in [0.5, 0.6) is 0 Å². The Bertz CT molecular complexity index is 555. The summed E-state index contributed by atoms with van der Waals surface area (Å²) < 4.78 is 57.0. The lowest BCUT2D eigenvalue weighted by Crippen LogP contribution is -2.30. The third-order valence-electron chi connectivity index (χ3n) is 4.22. The van der Waals surface area contributed by atoms with Crippen molar-refractivity contribution < 1.29 is 27.1 Å². The van der Waals surface area contributed by atoms with E-state index in [2.05, 4.69) is 0 Å². The SMILES string of the molecule is O=C(c1ccc(C(F)(F)F)cc1F)C1CC2CCC(C1)O2. The number of hydrogen-bond acceptors (Lipinski definition) is 2. The topological polar surface area (TPSA) is 26.3 Å². The van der Waals surface area contributed by atoms with Crippen molar-refractivity contribution in [1.82, 2.24) is 0 Å². The fourth-order valence-corrected chi connectivity index (χ4v) is 3.18. The summed E-state index contributed by atoms with van der Waals surface area (Å²) in [5, 5.41) is 0. The zero-order valence-corrected chi connectivity index (χ0v) is 11.1. The number of carbonyl (C=O) groups excluding carboxylic acids is 1. The van der Waals surface area contributed by atoms with E-state index < -0.39 is 23.3 Å². The molecule has 114 valence electrons. The van der Waals surface area contributed by atoms with Crippen LogP contribution in [0.3, 0.4) is 0 Å². The molecule has 0 saturated carbocycles. The van der Waals surface area contributed by atoms with E-state index in [1.54, 1.807) is 0 Å². The van der Waals surface area contributed by atoms with Gasteiger partial charge in [-0.1, -0.05) is 0 Å². The lowest BCUT2D eigenvalue weighted by atomic mass is 9.87. The molecule has 2 fully saturated rings. The second kappa shape index (κ2) is 5.09. The van der Waals surface area contributed by atoms with Gasteiger partial charge in [-0.25, -0.2) is 4.39 Å². The number of rotatable bonds is 2. The number of halogens is 4. The smallest absolute Gasteiger partial charge is 0.375 e. The minimum Gasteiger partial charge on any atom is -0.375 e. The first-order valence-corrected chi connectivity index (χ1v) is 6.91. The second-order valence-corrected chi connectivity index (χ2v) is 5.68. The Labute approximate surface area is 119 Å². The summed E-state index contributed by atoms with van der Waals surface area (Å²) in [5.74, 6) is -1.88. The van der Waals surface area contributed by atoms with Gasteiger partial charge in [0.15, 0.2) is 5.78 Å². The van der Waals surface area contributed by atoms with Crippen LogP contribution < -0.4 is 0 Å². The van der Waals surface area contributed by atoms with Gasteiger partial charge < -0.3 is 4.74 Å². The van der Waals surface area contributed by atoms with Crippen molar-refractivity contribution in [2.45, 2.75) is 44.1 Å². The number of Topliss-reactive ketones (excluding diaryl/α,β-unsaturated/α-hetero) is 1. The maximum Gasteiger partial charge on any atom is 0.416 e. The minimum atomic E-state index is -4.61. The van der Waals surface area contributed by atoms with E-state index in [1.165, 1.54) is 0 Å². The lowest BCUT2D eigenvalue weighted by molar-refractivity contribution is -0.137. The number of ketones is 1. The molecule has 0 N–H and O–H groups in total. The van der Waals surface area contributed by atoms with Crippen molar-refractivity contribution in [3.63, 3.8) is 0 Å². The van der Waals surface area contributed by atoms with Crippen molar-refractivity contribution in [2.24, 2.45) is 5.92 Å². The Morgan fingerprint density at radius 2 is 1.76 bits per heavy atom. The number of benzene rings is 1. The molecule has 1 aromatic rings. The molecular weight excluding hydrogens is 288 g/mol. The standard InChI is InChI=1S/C15H14F4O2/c16-13-7-9(15(17,18)19)1-4-12(13)14(20)8-5-10-2-3-11(6-8)21-10/h1,4,7-8,10-11H,2-3,5-6H2. The third-order valence-corrected chi connectivity index (χ3v) is 4.22. The van der Waals surface area contributed by atoms with Gasteiger partial charge in [-0.05, 0) is 43.9 Å². The van der Waals surface area contributed by atoms with E-state index in [0.29, 0.717) is 18.9 Å². The highest BCUT2D eigenvalue weighted by molar-refractivity contribution is 5.98. The summed E-state index contributed by atoms with van der Waals surface area (Å²) in [6.45, 7) is 0. The molecule has 0 radical (unpaired) electrons. The maximum absolute atomic E-state index is 13.8.